The van der Waals surface area contributed by atoms with Gasteiger partial charge in [-0.1, -0.05) is 168 Å². The first-order chi connectivity index (χ1) is 51.7. The summed E-state index contributed by atoms with van der Waals surface area (Å²) >= 11 is 0. The van der Waals surface area contributed by atoms with Crippen LogP contribution in [0.5, 0.6) is 5.75 Å². The Morgan fingerprint density at radius 1 is 0.546 bits per heavy atom. The van der Waals surface area contributed by atoms with E-state index in [-0.39, 0.29) is 76.3 Å². The molecule has 108 heavy (non-hydrogen) atoms. The number of carboxylic acids is 2. The van der Waals surface area contributed by atoms with Gasteiger partial charge in [0, 0.05) is 56.8 Å². The van der Waals surface area contributed by atoms with Gasteiger partial charge < -0.3 is 77.3 Å². The standard InChI is InChI=1S/C82H101N11O15/c1-48(83-6)71(94)88-65(39-50-17-9-8-10-18-50)78(101)93-47-62-45-69(93)77(100)87-64(43-54-26-30-56-20-12-14-22-59(56)38-54)75(98)89-66(80(103)104)40-51-23-31-57(32-24-51)73(96)85-60-44-68(92(46-60)79(102)70(82(3,4)5)91-72(95)49(2)84-7)76(99)86-63(42-53-25-29-55-19-11-13-21-58(55)37-53)74(97)90-67(81(105)106)41-52-27-33-61(34-28-52)107-35-15-16-36-108-62/h11-16,19-34,37-38,48-50,60,62-70,83-84H,8-10,17-18,35-36,39-47H2,1-7H3,(H,85,96)(H,86,99)(H,87,100)(H,88,94)(H,89,98)(H,90,97)(H,91,95)(H,103,104)(H,105,106)/b16-15-/t48-,49-,60-,62-,63-,64-,65-,66-,67-,68-,69-,70+/m0/s1. The number of hydrogen-bond donors (Lipinski definition) is 11. The van der Waals surface area contributed by atoms with Gasteiger partial charge in [0.2, 0.25) is 47.3 Å². The molecule has 6 heterocycles. The monoisotopic (exact) mass is 1480 g/mol. The Morgan fingerprint density at radius 3 is 1.56 bits per heavy atom. The molecule has 11 N–H and O–H groups in total. The normalized spacial score (nSPS) is 23.3. The van der Waals surface area contributed by atoms with Gasteiger partial charge in [-0.15, -0.1) is 0 Å². The number of likely N-dealkylation sites (N-methyl/N-ethyl adjacent to an activating group) is 2. The van der Waals surface area contributed by atoms with E-state index in [0.717, 1.165) is 53.6 Å². The summed E-state index contributed by atoms with van der Waals surface area (Å²) in [5.74, 6) is -8.09. The van der Waals surface area contributed by atoms with Crippen LogP contribution in [0.1, 0.15) is 119 Å². The number of carbonyl (C=O) groups excluding carboxylic acids is 9. The highest BCUT2D eigenvalue weighted by atomic mass is 16.5. The van der Waals surface area contributed by atoms with Crippen molar-refractivity contribution in [2.24, 2.45) is 11.3 Å². The Kier molecular flexibility index (Phi) is 27.3. The molecule has 1 saturated carbocycles. The van der Waals surface area contributed by atoms with Gasteiger partial charge in [-0.2, -0.15) is 0 Å². The van der Waals surface area contributed by atoms with E-state index in [0.29, 0.717) is 34.4 Å². The molecule has 0 aromatic heterocycles. The van der Waals surface area contributed by atoms with Gasteiger partial charge in [0.1, 0.15) is 60.7 Å². The van der Waals surface area contributed by atoms with E-state index in [9.17, 15) is 43.8 Å². The van der Waals surface area contributed by atoms with Gasteiger partial charge in [-0.3, -0.25) is 43.2 Å². The predicted molar refractivity (Wildman–Crippen MR) is 406 cm³/mol. The molecule has 3 fully saturated rings. The van der Waals surface area contributed by atoms with Crippen molar-refractivity contribution >= 4 is 86.6 Å². The average molecular weight is 1480 g/mol. The SMILES string of the molecule is CN[C@@H](C)C(=O)N[C@@H](CC1CCCCC1)C(=O)N1C[C@@H]2C[C@H]1C(=O)N[C@@H](Cc1ccc3ccccc3c1)C(=O)N[C@H](C(=O)O)Cc1ccc(cc1)C(=O)N[C@H]1C[C@@H](C(=O)N[C@@H](Cc3ccc4ccccc4c3)C(=O)N[C@H](C(=O)O)Cc3ccc(cc3)OC/C=C\CO2)N(C(=O)[C@@H](NC(=O)[C@H](C)NC)C(C)(C)C)C1. The molecular weight excluding hydrogens is 1380 g/mol. The van der Waals surface area contributed by atoms with E-state index in [4.69, 9.17) is 9.47 Å². The molecule has 6 aliphatic heterocycles. The first-order valence-corrected chi connectivity index (χ1v) is 37.3. The number of nitrogens with zero attached hydrogens (tertiary/aromatic N) is 2. The number of carbonyl (C=O) groups is 11. The van der Waals surface area contributed by atoms with Crippen LogP contribution in [0.15, 0.2) is 146 Å². The van der Waals surface area contributed by atoms with E-state index in [2.05, 4.69) is 47.9 Å². The molecular formula is C82H101N11O15. The maximum atomic E-state index is 15.2. The summed E-state index contributed by atoms with van der Waals surface area (Å²) in [6.45, 7) is 8.35. The molecule has 0 unspecified atom stereocenters. The van der Waals surface area contributed by atoms with E-state index >= 15 is 19.2 Å². The number of ether oxygens (including phenoxy) is 2. The van der Waals surface area contributed by atoms with E-state index in [1.165, 1.54) is 34.1 Å². The Bertz CT molecular complexity index is 4270. The van der Waals surface area contributed by atoms with Crippen LogP contribution in [-0.4, -0.2) is 198 Å². The van der Waals surface area contributed by atoms with Crippen LogP contribution < -0.4 is 52.6 Å². The smallest absolute Gasteiger partial charge is 0.326 e. The zero-order valence-corrected chi connectivity index (χ0v) is 62.3. The van der Waals surface area contributed by atoms with E-state index in [1.54, 1.807) is 91.2 Å². The molecule has 8 bridgehead atoms. The van der Waals surface area contributed by atoms with Gasteiger partial charge >= 0.3 is 11.9 Å². The topological polar surface area (TPSA) is 361 Å². The Morgan fingerprint density at radius 2 is 1.04 bits per heavy atom. The minimum absolute atomic E-state index is 0.00875. The molecule has 9 amide bonds. The lowest BCUT2D eigenvalue weighted by atomic mass is 9.84. The molecule has 26 nitrogen and oxygen atoms in total. The van der Waals surface area contributed by atoms with Crippen LogP contribution in [0.25, 0.3) is 21.5 Å². The second-order valence-corrected chi connectivity index (χ2v) is 30.0. The highest BCUT2D eigenvalue weighted by Crippen LogP contribution is 2.32. The van der Waals surface area contributed by atoms with Crippen LogP contribution in [-0.2, 0) is 78.4 Å². The van der Waals surface area contributed by atoms with Gasteiger partial charge in [0.05, 0.1) is 24.8 Å². The van der Waals surface area contributed by atoms with Crippen molar-refractivity contribution in [3.8, 4) is 5.75 Å². The number of amides is 9. The maximum absolute atomic E-state index is 15.2. The van der Waals surface area contributed by atoms with Crippen molar-refractivity contribution in [3.05, 3.63) is 173 Å². The van der Waals surface area contributed by atoms with Crippen molar-refractivity contribution < 1.29 is 72.4 Å². The molecule has 12 atom stereocenters. The first kappa shape index (κ1) is 80.0. The molecule has 7 aliphatic rings. The molecule has 6 aromatic rings. The molecule has 13 rings (SSSR count). The quantitative estimate of drug-likeness (QED) is 0.0554. The second-order valence-electron chi connectivity index (χ2n) is 30.0. The lowest BCUT2D eigenvalue weighted by Gasteiger charge is -2.36. The van der Waals surface area contributed by atoms with Crippen LogP contribution in [0.3, 0.4) is 0 Å². The Balaban J connectivity index is 0.974. The molecule has 1 aliphatic carbocycles. The van der Waals surface area contributed by atoms with Crippen molar-refractivity contribution in [1.82, 2.24) is 57.7 Å². The van der Waals surface area contributed by atoms with Crippen molar-refractivity contribution in [1.29, 1.82) is 0 Å². The van der Waals surface area contributed by atoms with Crippen LogP contribution in [0, 0.1) is 11.3 Å². The summed E-state index contributed by atoms with van der Waals surface area (Å²) in [7, 11) is 3.23. The van der Waals surface area contributed by atoms with Gasteiger partial charge in [-0.25, -0.2) is 9.59 Å². The number of carboxylic acid groups (broad SMARTS) is 2. The summed E-state index contributed by atoms with van der Waals surface area (Å²) in [6.07, 6.45) is 6.91. The number of rotatable bonds is 16. The fourth-order valence-corrected chi connectivity index (χ4v) is 14.5. The number of aliphatic carboxylic acids is 2. The molecule has 6 aromatic carbocycles. The van der Waals surface area contributed by atoms with Crippen LogP contribution >= 0.6 is 0 Å². The van der Waals surface area contributed by atoms with E-state index < -0.39 is 143 Å². The predicted octanol–water partition coefficient (Wildman–Crippen LogP) is 5.21. The Hall–Kier alpha value is -10.6. The zero-order valence-electron chi connectivity index (χ0n) is 62.3. The highest BCUT2D eigenvalue weighted by molar-refractivity contribution is 5.99. The number of benzene rings is 6. The fourth-order valence-electron chi connectivity index (χ4n) is 14.5. The fraction of sp³-hybridized carbons (Fsp3) is 0.451. The number of hydrogen-bond acceptors (Lipinski definition) is 15. The Labute approximate surface area is 629 Å². The maximum Gasteiger partial charge on any atom is 0.326 e. The molecule has 0 radical (unpaired) electrons. The molecule has 574 valence electrons. The van der Waals surface area contributed by atoms with Crippen LogP contribution in [0.4, 0.5) is 0 Å². The molecule has 26 heteroatoms. The highest BCUT2D eigenvalue weighted by Gasteiger charge is 2.48. The van der Waals surface area contributed by atoms with Gasteiger partial charge in [0.25, 0.3) is 5.91 Å². The lowest BCUT2D eigenvalue weighted by molar-refractivity contribution is -0.145. The third-order valence-corrected chi connectivity index (χ3v) is 21.0. The summed E-state index contributed by atoms with van der Waals surface area (Å²) in [4.78, 5) is 161. The van der Waals surface area contributed by atoms with Gasteiger partial charge in [-0.05, 0) is 126 Å². The number of fused-ring (bicyclic) bond motifs is 2. The summed E-state index contributed by atoms with van der Waals surface area (Å²) in [5, 5.41) is 50.8. The second kappa shape index (κ2) is 36.8. The third kappa shape index (κ3) is 21.2. The largest absolute Gasteiger partial charge is 0.490 e. The van der Waals surface area contributed by atoms with Crippen molar-refractivity contribution in [3.63, 3.8) is 0 Å². The molecule has 0 spiro atoms. The lowest BCUT2D eigenvalue weighted by Crippen LogP contribution is -2.61. The summed E-state index contributed by atoms with van der Waals surface area (Å²) < 4.78 is 12.4. The third-order valence-electron chi connectivity index (χ3n) is 21.0. The minimum Gasteiger partial charge on any atom is -0.490 e. The van der Waals surface area contributed by atoms with E-state index in [1.807, 2.05) is 78.9 Å². The zero-order chi connectivity index (χ0) is 77.3. The van der Waals surface area contributed by atoms with Gasteiger partial charge in [0.15, 0.2) is 0 Å². The minimum atomic E-state index is -1.58. The number of likely N-dealkylation sites (tertiary alicyclic amines) is 2. The summed E-state index contributed by atoms with van der Waals surface area (Å²) in [5.41, 5.74) is 1.33. The van der Waals surface area contributed by atoms with Crippen molar-refractivity contribution in [2.75, 3.05) is 40.4 Å². The molecule has 2 saturated heterocycles. The summed E-state index contributed by atoms with van der Waals surface area (Å²) in [6, 6.07) is 25.8. The van der Waals surface area contributed by atoms with Crippen LogP contribution in [0.2, 0.25) is 0 Å². The van der Waals surface area contributed by atoms with Crippen molar-refractivity contribution in [2.45, 2.75) is 184 Å². The first-order valence-electron chi connectivity index (χ1n) is 37.3. The number of nitrogens with one attached hydrogen (secondary N) is 9. The average Bonchev–Trinajstić information content (AvgIpc) is 1.62.